The van der Waals surface area contributed by atoms with Crippen LogP contribution in [-0.4, -0.2) is 13.1 Å². The molecule has 2 aliphatic carbocycles. The molecule has 2 fully saturated rings. The van der Waals surface area contributed by atoms with Gasteiger partial charge in [0.1, 0.15) is 0 Å². The first-order valence-corrected chi connectivity index (χ1v) is 4.77. The van der Waals surface area contributed by atoms with Crippen molar-refractivity contribution in [2.45, 2.75) is 19.3 Å². The molecule has 0 aromatic rings. The second kappa shape index (κ2) is 2.76. The second-order valence-corrected chi connectivity index (χ2v) is 4.13. The third-order valence-corrected chi connectivity index (χ3v) is 3.82. The number of rotatable bonds is 2. The molecular weight excluding hydrogens is 136 g/mol. The first kappa shape index (κ1) is 7.56. The molecule has 0 amide bonds. The van der Waals surface area contributed by atoms with E-state index in [1.54, 1.807) is 0 Å². The molecule has 0 heterocycles. The standard InChI is InChI=1S/C9H18N2/c10-4-8-6-1-2-7(3-6)9(8)5-11/h6-9H,1-5,10-11H2/t6-,7+,8?,9?. The van der Waals surface area contributed by atoms with Crippen molar-refractivity contribution in [3.63, 3.8) is 0 Å². The molecular formula is C9H18N2. The van der Waals surface area contributed by atoms with Crippen molar-refractivity contribution < 1.29 is 0 Å². The normalized spacial score (nSPS) is 48.5. The SMILES string of the molecule is NCC1C(CN)[C@H]2CC[C@@H]1C2. The minimum absolute atomic E-state index is 0.763. The van der Waals surface area contributed by atoms with Gasteiger partial charge >= 0.3 is 0 Å². The van der Waals surface area contributed by atoms with Crippen molar-refractivity contribution in [3.05, 3.63) is 0 Å². The molecule has 0 saturated heterocycles. The van der Waals surface area contributed by atoms with Gasteiger partial charge in [-0.2, -0.15) is 0 Å². The van der Waals surface area contributed by atoms with Gasteiger partial charge in [0.05, 0.1) is 0 Å². The van der Waals surface area contributed by atoms with E-state index in [2.05, 4.69) is 0 Å². The van der Waals surface area contributed by atoms with Gasteiger partial charge in [-0.25, -0.2) is 0 Å². The van der Waals surface area contributed by atoms with Crippen molar-refractivity contribution in [2.24, 2.45) is 35.1 Å². The van der Waals surface area contributed by atoms with Crippen molar-refractivity contribution in [1.29, 1.82) is 0 Å². The van der Waals surface area contributed by atoms with Gasteiger partial charge in [-0.3, -0.25) is 0 Å². The zero-order valence-electron chi connectivity index (χ0n) is 7.00. The highest BCUT2D eigenvalue weighted by atomic mass is 14.7. The second-order valence-electron chi connectivity index (χ2n) is 4.13. The Morgan fingerprint density at radius 3 is 1.73 bits per heavy atom. The molecule has 0 aliphatic heterocycles. The summed E-state index contributed by atoms with van der Waals surface area (Å²) in [6.45, 7) is 1.73. The quantitative estimate of drug-likeness (QED) is 0.611. The highest BCUT2D eigenvalue weighted by molar-refractivity contribution is 4.96. The Bertz CT molecular complexity index is 130. The van der Waals surface area contributed by atoms with Crippen molar-refractivity contribution >= 4 is 0 Å². The fourth-order valence-electron chi connectivity index (χ4n) is 3.26. The van der Waals surface area contributed by atoms with E-state index < -0.39 is 0 Å². The monoisotopic (exact) mass is 154 g/mol. The minimum atomic E-state index is 0.763. The maximum absolute atomic E-state index is 5.73. The average molecular weight is 154 g/mol. The van der Waals surface area contributed by atoms with Gasteiger partial charge < -0.3 is 11.5 Å². The number of nitrogens with two attached hydrogens (primary N) is 2. The van der Waals surface area contributed by atoms with Crippen LogP contribution in [0.3, 0.4) is 0 Å². The highest BCUT2D eigenvalue weighted by Gasteiger charge is 2.45. The molecule has 0 radical (unpaired) electrons. The van der Waals surface area contributed by atoms with E-state index in [1.165, 1.54) is 19.3 Å². The lowest BCUT2D eigenvalue weighted by atomic mass is 9.79. The molecule has 2 bridgehead atoms. The third kappa shape index (κ3) is 1.00. The Hall–Kier alpha value is -0.0800. The van der Waals surface area contributed by atoms with E-state index >= 15 is 0 Å². The topological polar surface area (TPSA) is 52.0 Å². The number of hydrogen-bond donors (Lipinski definition) is 2. The van der Waals surface area contributed by atoms with E-state index in [0.717, 1.165) is 36.8 Å². The smallest absolute Gasteiger partial charge is 0.00430 e. The molecule has 11 heavy (non-hydrogen) atoms. The largest absolute Gasteiger partial charge is 0.330 e. The summed E-state index contributed by atoms with van der Waals surface area (Å²) < 4.78 is 0. The lowest BCUT2D eigenvalue weighted by molar-refractivity contribution is 0.234. The predicted molar refractivity (Wildman–Crippen MR) is 45.9 cm³/mol. The van der Waals surface area contributed by atoms with Crippen LogP contribution in [-0.2, 0) is 0 Å². The highest BCUT2D eigenvalue weighted by Crippen LogP contribution is 2.51. The molecule has 2 heteroatoms. The maximum atomic E-state index is 5.73. The van der Waals surface area contributed by atoms with Gasteiger partial charge in [-0.15, -0.1) is 0 Å². The fourth-order valence-corrected chi connectivity index (χ4v) is 3.26. The molecule has 4 N–H and O–H groups in total. The van der Waals surface area contributed by atoms with Crippen molar-refractivity contribution in [1.82, 2.24) is 0 Å². The van der Waals surface area contributed by atoms with Gasteiger partial charge in [0.25, 0.3) is 0 Å². The molecule has 0 aromatic heterocycles. The van der Waals surface area contributed by atoms with Crippen molar-refractivity contribution in [2.75, 3.05) is 13.1 Å². The predicted octanol–water partition coefficient (Wildman–Crippen LogP) is 0.566. The zero-order valence-corrected chi connectivity index (χ0v) is 7.00. The average Bonchev–Trinajstić information content (AvgIpc) is 2.60. The van der Waals surface area contributed by atoms with Crippen LogP contribution in [0.4, 0.5) is 0 Å². The molecule has 0 spiro atoms. The molecule has 0 aromatic carbocycles. The Morgan fingerprint density at radius 1 is 0.909 bits per heavy atom. The summed E-state index contributed by atoms with van der Waals surface area (Å²) in [6.07, 6.45) is 4.26. The molecule has 64 valence electrons. The Labute approximate surface area is 68.3 Å². The van der Waals surface area contributed by atoms with E-state index in [9.17, 15) is 0 Å². The summed E-state index contributed by atoms with van der Waals surface area (Å²) in [7, 11) is 0. The van der Waals surface area contributed by atoms with E-state index in [1.807, 2.05) is 0 Å². The Morgan fingerprint density at radius 2 is 1.36 bits per heavy atom. The van der Waals surface area contributed by atoms with Gasteiger partial charge in [0.15, 0.2) is 0 Å². The van der Waals surface area contributed by atoms with Crippen LogP contribution < -0.4 is 11.5 Å². The van der Waals surface area contributed by atoms with Gasteiger partial charge in [-0.05, 0) is 56.0 Å². The first-order chi connectivity index (χ1) is 5.36. The summed E-state index contributed by atoms with van der Waals surface area (Å²) in [5, 5.41) is 0. The van der Waals surface area contributed by atoms with Crippen LogP contribution >= 0.6 is 0 Å². The lowest BCUT2D eigenvalue weighted by Crippen LogP contribution is -2.33. The van der Waals surface area contributed by atoms with Crippen LogP contribution in [0.5, 0.6) is 0 Å². The van der Waals surface area contributed by atoms with Crippen LogP contribution in [0.15, 0.2) is 0 Å². The van der Waals surface area contributed by atoms with Gasteiger partial charge in [0.2, 0.25) is 0 Å². The Kier molecular flexibility index (Phi) is 1.90. The minimum Gasteiger partial charge on any atom is -0.330 e. The summed E-state index contributed by atoms with van der Waals surface area (Å²) >= 11 is 0. The molecule has 2 aliphatic rings. The first-order valence-electron chi connectivity index (χ1n) is 4.77. The van der Waals surface area contributed by atoms with Gasteiger partial charge in [-0.1, -0.05) is 0 Å². The lowest BCUT2D eigenvalue weighted by Gasteiger charge is -2.28. The van der Waals surface area contributed by atoms with E-state index in [-0.39, 0.29) is 0 Å². The number of fused-ring (bicyclic) bond motifs is 2. The summed E-state index contributed by atoms with van der Waals surface area (Å²) in [5.74, 6) is 3.38. The van der Waals surface area contributed by atoms with Crippen LogP contribution in [0.25, 0.3) is 0 Å². The summed E-state index contributed by atoms with van der Waals surface area (Å²) in [6, 6.07) is 0. The van der Waals surface area contributed by atoms with E-state index in [4.69, 9.17) is 11.5 Å². The van der Waals surface area contributed by atoms with E-state index in [0.29, 0.717) is 0 Å². The molecule has 4 atom stereocenters. The maximum Gasteiger partial charge on any atom is -0.00430 e. The summed E-state index contributed by atoms with van der Waals surface area (Å²) in [5.41, 5.74) is 11.5. The number of hydrogen-bond acceptors (Lipinski definition) is 2. The molecule has 2 saturated carbocycles. The van der Waals surface area contributed by atoms with Crippen LogP contribution in [0, 0.1) is 23.7 Å². The molecule has 2 unspecified atom stereocenters. The third-order valence-electron chi connectivity index (χ3n) is 3.82. The molecule has 2 nitrogen and oxygen atoms in total. The zero-order chi connectivity index (χ0) is 7.84. The summed E-state index contributed by atoms with van der Waals surface area (Å²) in [4.78, 5) is 0. The van der Waals surface area contributed by atoms with Crippen LogP contribution in [0.2, 0.25) is 0 Å². The van der Waals surface area contributed by atoms with Crippen LogP contribution in [0.1, 0.15) is 19.3 Å². The van der Waals surface area contributed by atoms with Crippen molar-refractivity contribution in [3.8, 4) is 0 Å². The Balaban J connectivity index is 2.08. The molecule has 2 rings (SSSR count). The fraction of sp³-hybridized carbons (Fsp3) is 1.00. The van der Waals surface area contributed by atoms with Gasteiger partial charge in [0, 0.05) is 0 Å².